The molecule has 0 fully saturated rings. The van der Waals surface area contributed by atoms with E-state index in [-0.39, 0.29) is 5.75 Å². The molecule has 1 N–H and O–H groups in total. The van der Waals surface area contributed by atoms with Crippen LogP contribution in [0.25, 0.3) is 0 Å². The molecule has 0 amide bonds. The molecule has 0 bridgehead atoms. The Kier molecular flexibility index (Phi) is 7.86. The van der Waals surface area contributed by atoms with Crippen LogP contribution >= 0.6 is 11.6 Å². The molecule has 0 heterocycles. The van der Waals surface area contributed by atoms with E-state index in [4.69, 9.17) is 16.3 Å². The first-order valence-electron chi connectivity index (χ1n) is 6.35. The largest absolute Gasteiger partial charge is 0.494 e. The van der Waals surface area contributed by atoms with Crippen LogP contribution in [0, 0.1) is 0 Å². The van der Waals surface area contributed by atoms with E-state index < -0.39 is 10.0 Å². The van der Waals surface area contributed by atoms with Crippen molar-refractivity contribution >= 4 is 21.6 Å². The number of sulfonamides is 1. The Hall–Kier alpha value is -0.780. The molecule has 1 aromatic carbocycles. The molecule has 0 aliphatic carbocycles. The Morgan fingerprint density at radius 3 is 2.53 bits per heavy atom. The van der Waals surface area contributed by atoms with Gasteiger partial charge >= 0.3 is 0 Å². The lowest BCUT2D eigenvalue weighted by Crippen LogP contribution is -2.28. The Morgan fingerprint density at radius 2 is 1.84 bits per heavy atom. The average molecular weight is 306 g/mol. The molecular formula is C13H20ClNO3S. The number of benzene rings is 1. The highest BCUT2D eigenvalue weighted by molar-refractivity contribution is 7.89. The summed E-state index contributed by atoms with van der Waals surface area (Å²) >= 11 is 5.50. The molecule has 6 heteroatoms. The van der Waals surface area contributed by atoms with Crippen molar-refractivity contribution in [2.24, 2.45) is 0 Å². The summed E-state index contributed by atoms with van der Waals surface area (Å²) in [7, 11) is -3.16. The smallest absolute Gasteiger partial charge is 0.211 e. The summed E-state index contributed by atoms with van der Waals surface area (Å²) < 4.78 is 31.1. The first-order chi connectivity index (χ1) is 9.14. The zero-order valence-electron chi connectivity index (χ0n) is 10.8. The van der Waals surface area contributed by atoms with E-state index in [1.165, 1.54) is 0 Å². The molecule has 0 radical (unpaired) electrons. The molecule has 0 spiro atoms. The van der Waals surface area contributed by atoms with E-state index in [0.717, 1.165) is 12.2 Å². The normalized spacial score (nSPS) is 11.4. The third-order valence-electron chi connectivity index (χ3n) is 2.45. The molecule has 0 aliphatic heterocycles. The SMILES string of the molecule is O=S(=O)(CCCCCl)NCCCOc1ccccc1. The predicted molar refractivity (Wildman–Crippen MR) is 78.3 cm³/mol. The van der Waals surface area contributed by atoms with E-state index in [1.807, 2.05) is 30.3 Å². The maximum atomic E-state index is 11.5. The van der Waals surface area contributed by atoms with Gasteiger partial charge < -0.3 is 4.74 Å². The molecule has 0 aliphatic rings. The molecular weight excluding hydrogens is 286 g/mol. The van der Waals surface area contributed by atoms with Gasteiger partial charge in [0.25, 0.3) is 0 Å². The van der Waals surface area contributed by atoms with Crippen molar-refractivity contribution in [1.82, 2.24) is 4.72 Å². The van der Waals surface area contributed by atoms with Gasteiger partial charge in [0.05, 0.1) is 12.4 Å². The lowest BCUT2D eigenvalue weighted by Gasteiger charge is -2.07. The summed E-state index contributed by atoms with van der Waals surface area (Å²) in [4.78, 5) is 0. The Morgan fingerprint density at radius 1 is 1.11 bits per heavy atom. The number of unbranched alkanes of at least 4 members (excludes halogenated alkanes) is 1. The van der Waals surface area contributed by atoms with E-state index in [1.54, 1.807) is 0 Å². The molecule has 0 atom stereocenters. The van der Waals surface area contributed by atoms with Gasteiger partial charge in [-0.25, -0.2) is 13.1 Å². The van der Waals surface area contributed by atoms with Gasteiger partial charge in [0.1, 0.15) is 5.75 Å². The number of nitrogens with one attached hydrogen (secondary N) is 1. The monoisotopic (exact) mass is 305 g/mol. The average Bonchev–Trinajstić information content (AvgIpc) is 2.39. The Labute approximate surface area is 120 Å². The summed E-state index contributed by atoms with van der Waals surface area (Å²) in [5, 5.41) is 0. The third-order valence-corrected chi connectivity index (χ3v) is 4.19. The minimum atomic E-state index is -3.16. The number of alkyl halides is 1. The molecule has 1 aromatic rings. The summed E-state index contributed by atoms with van der Waals surface area (Å²) in [6.45, 7) is 0.893. The first-order valence-corrected chi connectivity index (χ1v) is 8.54. The van der Waals surface area contributed by atoms with Crippen LogP contribution in [0.15, 0.2) is 30.3 Å². The van der Waals surface area contributed by atoms with Gasteiger partial charge in [-0.05, 0) is 31.4 Å². The second-order valence-electron chi connectivity index (χ2n) is 4.12. The zero-order chi connectivity index (χ0) is 14.0. The van der Waals surface area contributed by atoms with E-state index >= 15 is 0 Å². The van der Waals surface area contributed by atoms with Gasteiger partial charge in [-0.15, -0.1) is 11.6 Å². The third kappa shape index (κ3) is 8.08. The molecule has 0 aromatic heterocycles. The number of ether oxygens (including phenoxy) is 1. The van der Waals surface area contributed by atoms with E-state index in [9.17, 15) is 8.42 Å². The molecule has 108 valence electrons. The molecule has 1 rings (SSSR count). The van der Waals surface area contributed by atoms with Crippen molar-refractivity contribution in [2.75, 3.05) is 24.8 Å². The van der Waals surface area contributed by atoms with Crippen LogP contribution in [0.1, 0.15) is 19.3 Å². The van der Waals surface area contributed by atoms with E-state index in [2.05, 4.69) is 4.72 Å². The van der Waals surface area contributed by atoms with Crippen molar-refractivity contribution in [2.45, 2.75) is 19.3 Å². The van der Waals surface area contributed by atoms with Gasteiger partial charge in [-0.2, -0.15) is 0 Å². The molecule has 19 heavy (non-hydrogen) atoms. The minimum Gasteiger partial charge on any atom is -0.494 e. The zero-order valence-corrected chi connectivity index (χ0v) is 12.4. The Bertz CT molecular complexity index is 436. The maximum absolute atomic E-state index is 11.5. The minimum absolute atomic E-state index is 0.138. The molecule has 0 saturated heterocycles. The fraction of sp³-hybridized carbons (Fsp3) is 0.538. The Balaban J connectivity index is 2.10. The first kappa shape index (κ1) is 16.3. The van der Waals surface area contributed by atoms with Gasteiger partial charge in [0.15, 0.2) is 0 Å². The number of hydrogen-bond acceptors (Lipinski definition) is 3. The van der Waals surface area contributed by atoms with Crippen LogP contribution in [-0.4, -0.2) is 33.2 Å². The van der Waals surface area contributed by atoms with Crippen molar-refractivity contribution in [3.8, 4) is 5.75 Å². The number of para-hydroxylation sites is 1. The van der Waals surface area contributed by atoms with Gasteiger partial charge in [-0.3, -0.25) is 0 Å². The van der Waals surface area contributed by atoms with Gasteiger partial charge in [-0.1, -0.05) is 18.2 Å². The van der Waals surface area contributed by atoms with Crippen molar-refractivity contribution in [1.29, 1.82) is 0 Å². The summed E-state index contributed by atoms with van der Waals surface area (Å²) in [6, 6.07) is 9.46. The second-order valence-corrected chi connectivity index (χ2v) is 6.43. The fourth-order valence-electron chi connectivity index (χ4n) is 1.47. The van der Waals surface area contributed by atoms with Crippen LogP contribution in [0.4, 0.5) is 0 Å². The van der Waals surface area contributed by atoms with Crippen LogP contribution in [0.5, 0.6) is 5.75 Å². The second kappa shape index (κ2) is 9.18. The molecule has 0 saturated carbocycles. The maximum Gasteiger partial charge on any atom is 0.211 e. The quantitative estimate of drug-likeness (QED) is 0.533. The van der Waals surface area contributed by atoms with Gasteiger partial charge in [0, 0.05) is 12.4 Å². The molecule has 0 unspecified atom stereocenters. The fourth-order valence-corrected chi connectivity index (χ4v) is 2.84. The summed E-state index contributed by atoms with van der Waals surface area (Å²) in [5.74, 6) is 1.44. The lowest BCUT2D eigenvalue weighted by molar-refractivity contribution is 0.311. The van der Waals surface area contributed by atoms with Gasteiger partial charge in [0.2, 0.25) is 10.0 Å². The lowest BCUT2D eigenvalue weighted by atomic mass is 10.3. The predicted octanol–water partition coefficient (Wildman–Crippen LogP) is 2.39. The van der Waals surface area contributed by atoms with Crippen LogP contribution in [-0.2, 0) is 10.0 Å². The molecule has 4 nitrogen and oxygen atoms in total. The number of rotatable bonds is 10. The van der Waals surface area contributed by atoms with Crippen molar-refractivity contribution in [3.63, 3.8) is 0 Å². The summed E-state index contributed by atoms with van der Waals surface area (Å²) in [5.41, 5.74) is 0. The van der Waals surface area contributed by atoms with Crippen molar-refractivity contribution in [3.05, 3.63) is 30.3 Å². The van der Waals surface area contributed by atoms with Crippen LogP contribution < -0.4 is 9.46 Å². The topological polar surface area (TPSA) is 55.4 Å². The highest BCUT2D eigenvalue weighted by atomic mass is 35.5. The highest BCUT2D eigenvalue weighted by Crippen LogP contribution is 2.08. The summed E-state index contributed by atoms with van der Waals surface area (Å²) in [6.07, 6.45) is 1.96. The van der Waals surface area contributed by atoms with E-state index in [0.29, 0.717) is 31.9 Å². The number of halogens is 1. The standard InChI is InChI=1S/C13H20ClNO3S/c14-9-4-5-12-19(16,17)15-10-6-11-18-13-7-2-1-3-8-13/h1-3,7-8,15H,4-6,9-12H2. The van der Waals surface area contributed by atoms with Crippen LogP contribution in [0.2, 0.25) is 0 Å². The van der Waals surface area contributed by atoms with Crippen LogP contribution in [0.3, 0.4) is 0 Å². The number of hydrogen-bond donors (Lipinski definition) is 1. The van der Waals surface area contributed by atoms with Crippen molar-refractivity contribution < 1.29 is 13.2 Å². The highest BCUT2D eigenvalue weighted by Gasteiger charge is 2.08.